The third-order valence-electron chi connectivity index (χ3n) is 4.64. The van der Waals surface area contributed by atoms with E-state index in [1.807, 2.05) is 52.0 Å². The molecule has 2 rings (SSSR count). The number of benzene rings is 2. The number of rotatable bonds is 8. The van der Waals surface area contributed by atoms with Gasteiger partial charge in [-0.25, -0.2) is 0 Å². The predicted molar refractivity (Wildman–Crippen MR) is 124 cm³/mol. The van der Waals surface area contributed by atoms with Gasteiger partial charge >= 0.3 is 0 Å². The Morgan fingerprint density at radius 3 is 2.20 bits per heavy atom. The molecule has 0 saturated carbocycles. The molecule has 2 amide bonds. The quantitative estimate of drug-likeness (QED) is 0.558. The second kappa shape index (κ2) is 10.8. The number of nitrogens with one attached hydrogen (secondary N) is 1. The smallest absolute Gasteiger partial charge is 0.261 e. The van der Waals surface area contributed by atoms with Gasteiger partial charge in [0, 0.05) is 22.1 Å². The van der Waals surface area contributed by atoms with Gasteiger partial charge in [0.2, 0.25) is 5.91 Å². The summed E-state index contributed by atoms with van der Waals surface area (Å²) < 4.78 is 6.69. The molecule has 0 radical (unpaired) electrons. The predicted octanol–water partition coefficient (Wildman–Crippen LogP) is 5.04. The molecule has 2 aromatic rings. The first-order chi connectivity index (χ1) is 14.1. The SMILES string of the molecule is Cc1cc(OCC(=O)N(Cc2ccc(Br)cc2)[C@H](C)C(=O)NC(C)C)cc(C)c1Cl. The minimum absolute atomic E-state index is 0.0131. The Hall–Kier alpha value is -2.05. The largest absolute Gasteiger partial charge is 0.484 e. The summed E-state index contributed by atoms with van der Waals surface area (Å²) in [6.45, 7) is 9.42. The van der Waals surface area contributed by atoms with Gasteiger partial charge in [0.25, 0.3) is 5.91 Å². The Morgan fingerprint density at radius 2 is 1.67 bits per heavy atom. The summed E-state index contributed by atoms with van der Waals surface area (Å²) in [5.74, 6) is 0.105. The lowest BCUT2D eigenvalue weighted by Crippen LogP contribution is -2.50. The van der Waals surface area contributed by atoms with Crippen molar-refractivity contribution < 1.29 is 14.3 Å². The van der Waals surface area contributed by atoms with Crippen LogP contribution in [0.15, 0.2) is 40.9 Å². The molecule has 30 heavy (non-hydrogen) atoms. The molecule has 1 atom stereocenters. The molecule has 0 bridgehead atoms. The van der Waals surface area contributed by atoms with Crippen molar-refractivity contribution >= 4 is 39.3 Å². The second-order valence-electron chi connectivity index (χ2n) is 7.65. The van der Waals surface area contributed by atoms with E-state index in [0.29, 0.717) is 17.3 Å². The summed E-state index contributed by atoms with van der Waals surface area (Å²) in [4.78, 5) is 27.2. The average molecular weight is 496 g/mol. The van der Waals surface area contributed by atoms with Crippen molar-refractivity contribution in [2.24, 2.45) is 0 Å². The number of ether oxygens (including phenoxy) is 1. The molecule has 0 spiro atoms. The van der Waals surface area contributed by atoms with Crippen molar-refractivity contribution in [1.29, 1.82) is 0 Å². The van der Waals surface area contributed by atoms with Crippen LogP contribution in [0.4, 0.5) is 0 Å². The van der Waals surface area contributed by atoms with Crippen molar-refractivity contribution in [3.63, 3.8) is 0 Å². The average Bonchev–Trinajstić information content (AvgIpc) is 2.68. The van der Waals surface area contributed by atoms with Crippen LogP contribution in [0.5, 0.6) is 5.75 Å². The van der Waals surface area contributed by atoms with E-state index in [0.717, 1.165) is 21.2 Å². The minimum Gasteiger partial charge on any atom is -0.484 e. The van der Waals surface area contributed by atoms with Crippen LogP contribution in [-0.2, 0) is 16.1 Å². The minimum atomic E-state index is -0.638. The number of hydrogen-bond acceptors (Lipinski definition) is 3. The molecule has 0 aliphatic heterocycles. The van der Waals surface area contributed by atoms with Gasteiger partial charge in [0.1, 0.15) is 11.8 Å². The summed E-state index contributed by atoms with van der Waals surface area (Å²) >= 11 is 9.62. The molecular formula is C23H28BrClN2O3. The van der Waals surface area contributed by atoms with E-state index < -0.39 is 6.04 Å². The van der Waals surface area contributed by atoms with E-state index in [4.69, 9.17) is 16.3 Å². The molecule has 0 unspecified atom stereocenters. The highest BCUT2D eigenvalue weighted by atomic mass is 79.9. The Labute approximate surface area is 191 Å². The zero-order valence-electron chi connectivity index (χ0n) is 18.0. The number of carbonyl (C=O) groups is 2. The fraction of sp³-hybridized carbons (Fsp3) is 0.391. The lowest BCUT2D eigenvalue weighted by atomic mass is 10.1. The summed E-state index contributed by atoms with van der Waals surface area (Å²) in [7, 11) is 0. The third-order valence-corrected chi connectivity index (χ3v) is 5.76. The van der Waals surface area contributed by atoms with Crippen LogP contribution in [0.3, 0.4) is 0 Å². The lowest BCUT2D eigenvalue weighted by molar-refractivity contribution is -0.142. The first kappa shape index (κ1) is 24.2. The standard InChI is InChI=1S/C23H28BrClN2O3/c1-14(2)26-23(29)17(5)27(12-18-6-8-19(24)9-7-18)21(28)13-30-20-10-15(3)22(25)16(4)11-20/h6-11,14,17H,12-13H2,1-5H3,(H,26,29)/t17-/m1/s1. The fourth-order valence-corrected chi connectivity index (χ4v) is 3.37. The van der Waals surface area contributed by atoms with Crippen molar-refractivity contribution in [2.75, 3.05) is 6.61 Å². The van der Waals surface area contributed by atoms with Crippen molar-refractivity contribution in [3.05, 3.63) is 62.6 Å². The van der Waals surface area contributed by atoms with Gasteiger partial charge in [-0.1, -0.05) is 39.7 Å². The van der Waals surface area contributed by atoms with Crippen LogP contribution in [0.2, 0.25) is 5.02 Å². The van der Waals surface area contributed by atoms with Crippen LogP contribution in [-0.4, -0.2) is 35.4 Å². The molecule has 0 heterocycles. The van der Waals surface area contributed by atoms with Gasteiger partial charge < -0.3 is 15.0 Å². The maximum atomic E-state index is 13.0. The lowest BCUT2D eigenvalue weighted by Gasteiger charge is -2.29. The second-order valence-corrected chi connectivity index (χ2v) is 8.94. The van der Waals surface area contributed by atoms with Crippen LogP contribution in [0.25, 0.3) is 0 Å². The molecule has 2 aromatic carbocycles. The number of halogens is 2. The first-order valence-corrected chi connectivity index (χ1v) is 11.0. The summed E-state index contributed by atoms with van der Waals surface area (Å²) in [5.41, 5.74) is 2.69. The summed E-state index contributed by atoms with van der Waals surface area (Å²) in [6, 6.07) is 10.6. The molecule has 1 N–H and O–H groups in total. The normalized spacial score (nSPS) is 11.9. The van der Waals surface area contributed by atoms with Crippen molar-refractivity contribution in [2.45, 2.75) is 53.2 Å². The fourth-order valence-electron chi connectivity index (χ4n) is 2.99. The van der Waals surface area contributed by atoms with Crippen molar-refractivity contribution in [1.82, 2.24) is 10.2 Å². The topological polar surface area (TPSA) is 58.6 Å². The van der Waals surface area contributed by atoms with Gasteiger partial charge in [0.15, 0.2) is 6.61 Å². The van der Waals surface area contributed by atoms with E-state index >= 15 is 0 Å². The van der Waals surface area contributed by atoms with Gasteiger partial charge in [-0.2, -0.15) is 0 Å². The third kappa shape index (κ3) is 6.74. The van der Waals surface area contributed by atoms with Gasteiger partial charge in [-0.3, -0.25) is 9.59 Å². The van der Waals surface area contributed by atoms with Crippen LogP contribution in [0.1, 0.15) is 37.5 Å². The maximum absolute atomic E-state index is 13.0. The Bertz CT molecular complexity index is 877. The zero-order chi connectivity index (χ0) is 22.4. The molecule has 162 valence electrons. The first-order valence-electron chi connectivity index (χ1n) is 9.82. The Kier molecular flexibility index (Phi) is 8.74. The van der Waals surface area contributed by atoms with E-state index in [1.54, 1.807) is 19.1 Å². The molecule has 7 heteroatoms. The molecular weight excluding hydrogens is 468 g/mol. The molecule has 0 saturated heterocycles. The highest BCUT2D eigenvalue weighted by Gasteiger charge is 2.27. The number of aryl methyl sites for hydroxylation is 2. The summed E-state index contributed by atoms with van der Waals surface area (Å²) in [6.07, 6.45) is 0. The number of amides is 2. The van der Waals surface area contributed by atoms with Crippen molar-refractivity contribution in [3.8, 4) is 5.75 Å². The van der Waals surface area contributed by atoms with Gasteiger partial charge in [-0.05, 0) is 75.6 Å². The van der Waals surface area contributed by atoms with Gasteiger partial charge in [0.05, 0.1) is 0 Å². The monoisotopic (exact) mass is 494 g/mol. The van der Waals surface area contributed by atoms with E-state index in [-0.39, 0.29) is 24.5 Å². The number of nitrogens with zero attached hydrogens (tertiary/aromatic N) is 1. The Balaban J connectivity index is 2.18. The highest BCUT2D eigenvalue weighted by Crippen LogP contribution is 2.26. The van der Waals surface area contributed by atoms with Gasteiger partial charge in [-0.15, -0.1) is 0 Å². The highest BCUT2D eigenvalue weighted by molar-refractivity contribution is 9.10. The van der Waals surface area contributed by atoms with E-state index in [1.165, 1.54) is 4.90 Å². The number of hydrogen-bond donors (Lipinski definition) is 1. The molecule has 0 aromatic heterocycles. The molecule has 0 aliphatic carbocycles. The number of carbonyl (C=O) groups excluding carboxylic acids is 2. The van der Waals surface area contributed by atoms with E-state index in [2.05, 4.69) is 21.2 Å². The zero-order valence-corrected chi connectivity index (χ0v) is 20.3. The Morgan fingerprint density at radius 1 is 1.10 bits per heavy atom. The van der Waals surface area contributed by atoms with Crippen LogP contribution < -0.4 is 10.1 Å². The van der Waals surface area contributed by atoms with Crippen LogP contribution in [0, 0.1) is 13.8 Å². The van der Waals surface area contributed by atoms with Crippen LogP contribution >= 0.6 is 27.5 Å². The molecule has 0 fully saturated rings. The van der Waals surface area contributed by atoms with E-state index in [9.17, 15) is 9.59 Å². The molecule has 5 nitrogen and oxygen atoms in total. The molecule has 0 aliphatic rings. The maximum Gasteiger partial charge on any atom is 0.261 e. The summed E-state index contributed by atoms with van der Waals surface area (Å²) in [5, 5.41) is 3.56.